The molecule has 1 aromatic carbocycles. The molecule has 0 spiro atoms. The van der Waals surface area contributed by atoms with Gasteiger partial charge in [-0.05, 0) is 70.9 Å². The number of carboxylic acids is 1. The molecule has 1 fully saturated rings. The Morgan fingerprint density at radius 1 is 1.00 bits per heavy atom. The van der Waals surface area contributed by atoms with Gasteiger partial charge in [0.2, 0.25) is 5.88 Å². The monoisotopic (exact) mass is 688 g/mol. The molecule has 1 saturated heterocycles. The van der Waals surface area contributed by atoms with Gasteiger partial charge < -0.3 is 28.7 Å². The fourth-order valence-electron chi connectivity index (χ4n) is 5.54. The van der Waals surface area contributed by atoms with Gasteiger partial charge in [0.05, 0.1) is 22.7 Å². The second kappa shape index (κ2) is 13.1. The molecule has 2 amide bonds. The zero-order chi connectivity index (χ0) is 35.1. The molecule has 3 atom stereocenters. The predicted octanol–water partition coefficient (Wildman–Crippen LogP) is 6.57. The molecule has 0 aliphatic carbocycles. The van der Waals surface area contributed by atoms with Crippen LogP contribution in [-0.4, -0.2) is 79.6 Å². The number of amides is 2. The number of benzene rings is 1. The van der Waals surface area contributed by atoms with E-state index >= 15 is 0 Å². The highest BCUT2D eigenvalue weighted by Gasteiger charge is 2.51. The van der Waals surface area contributed by atoms with Crippen molar-refractivity contribution in [2.75, 3.05) is 13.1 Å². The third kappa shape index (κ3) is 7.53. The highest BCUT2D eigenvalue weighted by atomic mass is 35.5. The van der Waals surface area contributed by atoms with Gasteiger partial charge in [-0.15, -0.1) is 0 Å². The Hall–Kier alpha value is -4.72. The zero-order valence-corrected chi connectivity index (χ0v) is 27.9. The molecule has 3 aromatic rings. The summed E-state index contributed by atoms with van der Waals surface area (Å²) in [6.45, 7) is 10.1. The van der Waals surface area contributed by atoms with Crippen molar-refractivity contribution in [1.82, 2.24) is 19.9 Å². The van der Waals surface area contributed by atoms with Crippen LogP contribution in [0.4, 0.5) is 18.4 Å². The van der Waals surface area contributed by atoms with Gasteiger partial charge in [-0.1, -0.05) is 22.8 Å². The first-order valence-electron chi connectivity index (χ1n) is 15.0. The van der Waals surface area contributed by atoms with E-state index in [4.69, 9.17) is 30.3 Å². The first-order chi connectivity index (χ1) is 22.4. The van der Waals surface area contributed by atoms with Gasteiger partial charge in [0.15, 0.2) is 12.4 Å². The Balaban J connectivity index is 1.38. The molecule has 15 heteroatoms. The number of halogens is 3. The van der Waals surface area contributed by atoms with Crippen LogP contribution in [-0.2, 0) is 20.9 Å². The Bertz CT molecular complexity index is 1750. The van der Waals surface area contributed by atoms with Crippen LogP contribution in [0.25, 0.3) is 16.8 Å². The lowest BCUT2D eigenvalue weighted by Gasteiger charge is -2.50. The average molecular weight is 689 g/mol. The maximum absolute atomic E-state index is 14.3. The highest BCUT2D eigenvalue weighted by Crippen LogP contribution is 2.40. The van der Waals surface area contributed by atoms with E-state index in [1.165, 1.54) is 28.1 Å². The number of nitrogens with zero attached hydrogens (tertiary/aromatic N) is 4. The molecule has 5 rings (SSSR count). The van der Waals surface area contributed by atoms with Crippen LogP contribution in [0.15, 0.2) is 47.1 Å². The molecule has 2 bridgehead atoms. The van der Waals surface area contributed by atoms with Crippen LogP contribution in [0.1, 0.15) is 52.9 Å². The highest BCUT2D eigenvalue weighted by molar-refractivity contribution is 6.33. The fourth-order valence-corrected chi connectivity index (χ4v) is 5.79. The van der Waals surface area contributed by atoms with Gasteiger partial charge in [0, 0.05) is 31.4 Å². The smallest absolute Gasteiger partial charge is 0.411 e. The molecular weight excluding hydrogens is 654 g/mol. The Labute approximate surface area is 280 Å². The maximum Gasteiger partial charge on any atom is 0.411 e. The van der Waals surface area contributed by atoms with Gasteiger partial charge in [0.25, 0.3) is 0 Å². The Morgan fingerprint density at radius 2 is 1.67 bits per heavy atom. The zero-order valence-electron chi connectivity index (χ0n) is 27.1. The third-order valence-corrected chi connectivity index (χ3v) is 7.80. The quantitative estimate of drug-likeness (QED) is 0.282. The predicted molar refractivity (Wildman–Crippen MR) is 168 cm³/mol. The van der Waals surface area contributed by atoms with E-state index in [-0.39, 0.29) is 42.6 Å². The van der Waals surface area contributed by atoms with Crippen LogP contribution in [0.3, 0.4) is 0 Å². The standard InChI is InChI=1S/C33H35ClF2N4O8/c1-32(2,3)46-30(43)39-14-18-11-20(26(29(41)42)24(15-39)40(18)31(44)47-33(4,5)6)17-7-10-25(37-13-17)45-16-19-12-23(38-48-19)27-21(35)8-9-22(36)28(27)34/h7-13,18,24,26H,14-16H2,1-6H3,(H,41,42). The first-order valence-corrected chi connectivity index (χ1v) is 15.4. The van der Waals surface area contributed by atoms with Crippen LogP contribution < -0.4 is 4.74 Å². The van der Waals surface area contributed by atoms with Crippen molar-refractivity contribution < 1.29 is 47.0 Å². The summed E-state index contributed by atoms with van der Waals surface area (Å²) in [7, 11) is 0. The van der Waals surface area contributed by atoms with Crippen molar-refractivity contribution in [2.45, 2.75) is 71.4 Å². The minimum absolute atomic E-state index is 0.0148. The normalized spacial score (nSPS) is 19.4. The SMILES string of the molecule is CC(C)(C)OC(=O)N1CC2C=C(c3ccc(OCc4cc(-c5c(F)ccc(F)c5Cl)no4)nc3)C(C(=O)O)C(C1)N2C(=O)OC(C)(C)C. The lowest BCUT2D eigenvalue weighted by atomic mass is 9.79. The Kier molecular flexibility index (Phi) is 9.42. The second-order valence-electron chi connectivity index (χ2n) is 13.4. The van der Waals surface area contributed by atoms with Crippen molar-refractivity contribution in [2.24, 2.45) is 5.92 Å². The van der Waals surface area contributed by atoms with Crippen molar-refractivity contribution in [3.63, 3.8) is 0 Å². The number of piperazine rings is 1. The van der Waals surface area contributed by atoms with Crippen molar-refractivity contribution in [3.8, 4) is 17.1 Å². The average Bonchev–Trinajstić information content (AvgIpc) is 3.44. The van der Waals surface area contributed by atoms with Crippen molar-refractivity contribution in [3.05, 3.63) is 70.6 Å². The second-order valence-corrected chi connectivity index (χ2v) is 13.8. The molecule has 2 aliphatic heterocycles. The molecule has 0 radical (unpaired) electrons. The summed E-state index contributed by atoms with van der Waals surface area (Å²) in [5.41, 5.74) is -0.994. The number of aliphatic carboxylic acids is 1. The number of carbonyl (C=O) groups excluding carboxylic acids is 2. The largest absolute Gasteiger partial charge is 0.481 e. The summed E-state index contributed by atoms with van der Waals surface area (Å²) in [6.07, 6.45) is 1.77. The van der Waals surface area contributed by atoms with Crippen LogP contribution in [0.2, 0.25) is 5.02 Å². The van der Waals surface area contributed by atoms with Crippen LogP contribution in [0, 0.1) is 17.6 Å². The van der Waals surface area contributed by atoms with Gasteiger partial charge in [-0.3, -0.25) is 9.69 Å². The topological polar surface area (TPSA) is 145 Å². The number of pyridine rings is 1. The van der Waals surface area contributed by atoms with Gasteiger partial charge >= 0.3 is 18.2 Å². The maximum atomic E-state index is 14.3. The minimum atomic E-state index is -1.24. The number of hydrogen-bond acceptors (Lipinski definition) is 9. The molecule has 256 valence electrons. The van der Waals surface area contributed by atoms with E-state index < -0.39 is 64.0 Å². The van der Waals surface area contributed by atoms with Crippen LogP contribution in [0.5, 0.6) is 5.88 Å². The number of hydrogen-bond donors (Lipinski definition) is 1. The van der Waals surface area contributed by atoms with E-state index in [1.54, 1.807) is 53.7 Å². The number of ether oxygens (including phenoxy) is 3. The first kappa shape index (κ1) is 34.6. The van der Waals surface area contributed by atoms with E-state index in [1.807, 2.05) is 0 Å². The lowest BCUT2D eigenvalue weighted by Crippen LogP contribution is -2.66. The van der Waals surface area contributed by atoms with E-state index in [9.17, 15) is 28.3 Å². The van der Waals surface area contributed by atoms with E-state index in [0.29, 0.717) is 11.1 Å². The molecule has 2 aromatic heterocycles. The number of carboxylic acid groups (broad SMARTS) is 1. The third-order valence-electron chi connectivity index (χ3n) is 7.43. The van der Waals surface area contributed by atoms with Gasteiger partial charge in [-0.2, -0.15) is 0 Å². The number of aromatic nitrogens is 2. The molecule has 2 aliphatic rings. The lowest BCUT2D eigenvalue weighted by molar-refractivity contribution is -0.143. The number of fused-ring (bicyclic) bond motifs is 2. The molecule has 4 heterocycles. The molecule has 48 heavy (non-hydrogen) atoms. The van der Waals surface area contributed by atoms with E-state index in [2.05, 4.69) is 10.1 Å². The summed E-state index contributed by atoms with van der Waals surface area (Å²) in [6, 6.07) is 4.66. The Morgan fingerprint density at radius 3 is 2.29 bits per heavy atom. The molecule has 12 nitrogen and oxygen atoms in total. The molecule has 0 saturated carbocycles. The van der Waals surface area contributed by atoms with Crippen molar-refractivity contribution >= 4 is 35.3 Å². The van der Waals surface area contributed by atoms with E-state index in [0.717, 1.165) is 12.1 Å². The summed E-state index contributed by atoms with van der Waals surface area (Å²) < 4.78 is 50.2. The summed E-state index contributed by atoms with van der Waals surface area (Å²) in [5, 5.41) is 13.8. The molecular formula is C33H35ClF2N4O8. The van der Waals surface area contributed by atoms with Gasteiger partial charge in [0.1, 0.15) is 34.4 Å². The number of carbonyl (C=O) groups is 3. The molecule has 3 unspecified atom stereocenters. The molecule has 1 N–H and O–H groups in total. The fraction of sp³-hybridized carbons (Fsp3) is 0.424. The number of rotatable bonds is 6. The van der Waals surface area contributed by atoms with Crippen molar-refractivity contribution in [1.29, 1.82) is 0 Å². The summed E-state index contributed by atoms with van der Waals surface area (Å²) in [4.78, 5) is 46.3. The summed E-state index contributed by atoms with van der Waals surface area (Å²) >= 11 is 5.92. The minimum Gasteiger partial charge on any atom is -0.481 e. The summed E-state index contributed by atoms with van der Waals surface area (Å²) in [5.74, 6) is -3.69. The van der Waals surface area contributed by atoms with Crippen LogP contribution >= 0.6 is 11.6 Å². The van der Waals surface area contributed by atoms with Gasteiger partial charge in [-0.25, -0.2) is 23.4 Å².